The summed E-state index contributed by atoms with van der Waals surface area (Å²) in [6.45, 7) is 6.38. The molecule has 1 fully saturated rings. The lowest BCUT2D eigenvalue weighted by Gasteiger charge is -2.34. The summed E-state index contributed by atoms with van der Waals surface area (Å²) in [5.74, 6) is -1.09. The van der Waals surface area contributed by atoms with E-state index in [-0.39, 0.29) is 37.3 Å². The van der Waals surface area contributed by atoms with Crippen LogP contribution < -0.4 is 0 Å². The van der Waals surface area contributed by atoms with Gasteiger partial charge in [0.2, 0.25) is 0 Å². The highest BCUT2D eigenvalue weighted by Crippen LogP contribution is 2.32. The van der Waals surface area contributed by atoms with Crippen LogP contribution in [-0.2, 0) is 12.5 Å². The Bertz CT molecular complexity index is 597. The molecule has 1 aromatic heterocycles. The Hall–Kier alpha value is -1.57. The van der Waals surface area contributed by atoms with E-state index in [9.17, 15) is 23.1 Å². The first kappa shape index (κ1) is 18.8. The zero-order valence-corrected chi connectivity index (χ0v) is 14.4. The van der Waals surface area contributed by atoms with Crippen molar-refractivity contribution in [2.75, 3.05) is 13.1 Å². The van der Waals surface area contributed by atoms with Gasteiger partial charge in [-0.25, -0.2) is 0 Å². The summed E-state index contributed by atoms with van der Waals surface area (Å²) in [5.41, 5.74) is 1.02. The highest BCUT2D eigenvalue weighted by Gasteiger charge is 2.44. The predicted molar refractivity (Wildman–Crippen MR) is 82.6 cm³/mol. The predicted octanol–water partition coefficient (Wildman–Crippen LogP) is 2.49. The largest absolute Gasteiger partial charge is 0.414 e. The van der Waals surface area contributed by atoms with Gasteiger partial charge in [0.15, 0.2) is 6.10 Å². The first-order chi connectivity index (χ1) is 10.9. The fraction of sp³-hybridized carbons (Fsp3) is 0.750. The fourth-order valence-corrected chi connectivity index (χ4v) is 2.88. The minimum Gasteiger partial charge on any atom is -0.383 e. The number of rotatable bonds is 2. The molecule has 2 heterocycles. The van der Waals surface area contributed by atoms with Crippen LogP contribution in [0.15, 0.2) is 6.07 Å². The summed E-state index contributed by atoms with van der Waals surface area (Å²) in [4.78, 5) is 14.1. The number of hydrogen-bond acceptors (Lipinski definition) is 3. The van der Waals surface area contributed by atoms with Gasteiger partial charge in [0, 0.05) is 25.6 Å². The van der Waals surface area contributed by atoms with Gasteiger partial charge in [0.05, 0.1) is 5.69 Å². The van der Waals surface area contributed by atoms with Gasteiger partial charge in [-0.3, -0.25) is 9.48 Å². The summed E-state index contributed by atoms with van der Waals surface area (Å²) in [6, 6.07) is 1.74. The summed E-state index contributed by atoms with van der Waals surface area (Å²) < 4.78 is 39.3. The highest BCUT2D eigenvalue weighted by molar-refractivity contribution is 5.92. The van der Waals surface area contributed by atoms with Gasteiger partial charge in [-0.2, -0.15) is 18.3 Å². The van der Waals surface area contributed by atoms with Crippen molar-refractivity contribution in [1.82, 2.24) is 14.7 Å². The second-order valence-electron chi connectivity index (χ2n) is 7.40. The number of aryl methyl sites for hydroxylation is 1. The fourth-order valence-electron chi connectivity index (χ4n) is 2.88. The van der Waals surface area contributed by atoms with Crippen molar-refractivity contribution >= 4 is 5.91 Å². The Morgan fingerprint density at radius 2 is 1.83 bits per heavy atom. The number of amides is 1. The standard InChI is InChI=1S/C16H24F3N3O2/c1-15(2,3)12-9-11(21(4)20-12)14(24)22-7-5-10(6-8-22)13(23)16(17,18)19/h9-10,13,23H,5-8H2,1-4H3. The van der Waals surface area contributed by atoms with Crippen LogP contribution in [0.3, 0.4) is 0 Å². The van der Waals surface area contributed by atoms with E-state index < -0.39 is 18.2 Å². The molecule has 1 unspecified atom stereocenters. The molecule has 0 saturated carbocycles. The van der Waals surface area contributed by atoms with E-state index in [0.29, 0.717) is 5.69 Å². The average Bonchev–Trinajstić information content (AvgIpc) is 2.87. The highest BCUT2D eigenvalue weighted by atomic mass is 19.4. The number of carbonyl (C=O) groups excluding carboxylic acids is 1. The molecule has 0 bridgehead atoms. The molecule has 1 N–H and O–H groups in total. The second-order valence-corrected chi connectivity index (χ2v) is 7.40. The maximum Gasteiger partial charge on any atom is 0.414 e. The monoisotopic (exact) mass is 347 g/mol. The summed E-state index contributed by atoms with van der Waals surface area (Å²) in [7, 11) is 1.68. The molecule has 1 amide bonds. The van der Waals surface area contributed by atoms with E-state index in [1.54, 1.807) is 13.1 Å². The minimum absolute atomic E-state index is 0.135. The third kappa shape index (κ3) is 3.91. The van der Waals surface area contributed by atoms with Crippen molar-refractivity contribution in [1.29, 1.82) is 0 Å². The lowest BCUT2D eigenvalue weighted by Crippen LogP contribution is -2.45. The molecule has 0 aliphatic carbocycles. The third-order valence-corrected chi connectivity index (χ3v) is 4.48. The van der Waals surface area contributed by atoms with E-state index in [1.165, 1.54) is 9.58 Å². The Labute approximate surface area is 139 Å². The second kappa shape index (κ2) is 6.38. The zero-order valence-electron chi connectivity index (χ0n) is 14.4. The number of piperidine rings is 1. The van der Waals surface area contributed by atoms with E-state index >= 15 is 0 Å². The molecule has 8 heteroatoms. The molecule has 1 aliphatic rings. The molecule has 1 aromatic rings. The molecule has 1 atom stereocenters. The van der Waals surface area contributed by atoms with E-state index in [0.717, 1.165) is 5.69 Å². The lowest BCUT2D eigenvalue weighted by molar-refractivity contribution is -0.222. The van der Waals surface area contributed by atoms with Crippen LogP contribution in [0, 0.1) is 5.92 Å². The third-order valence-electron chi connectivity index (χ3n) is 4.48. The van der Waals surface area contributed by atoms with E-state index in [4.69, 9.17) is 0 Å². The number of halogens is 3. The van der Waals surface area contributed by atoms with Crippen LogP contribution in [0.1, 0.15) is 49.8 Å². The number of nitrogens with zero attached hydrogens (tertiary/aromatic N) is 3. The number of alkyl halides is 3. The van der Waals surface area contributed by atoms with Crippen LogP contribution >= 0.6 is 0 Å². The SMILES string of the molecule is Cn1nc(C(C)(C)C)cc1C(=O)N1CCC(C(O)C(F)(F)F)CC1. The Morgan fingerprint density at radius 1 is 1.29 bits per heavy atom. The quantitative estimate of drug-likeness (QED) is 0.894. The molecule has 2 rings (SSSR count). The number of carbonyl (C=O) groups is 1. The van der Waals surface area contributed by atoms with Crippen LogP contribution in [-0.4, -0.2) is 51.1 Å². The molecule has 5 nitrogen and oxygen atoms in total. The van der Waals surface area contributed by atoms with Gasteiger partial charge in [-0.05, 0) is 24.8 Å². The number of aromatic nitrogens is 2. The zero-order chi connectivity index (χ0) is 18.3. The smallest absolute Gasteiger partial charge is 0.383 e. The Kier molecular flexibility index (Phi) is 4.99. The van der Waals surface area contributed by atoms with Gasteiger partial charge >= 0.3 is 6.18 Å². The van der Waals surface area contributed by atoms with Gasteiger partial charge in [-0.1, -0.05) is 20.8 Å². The van der Waals surface area contributed by atoms with E-state index in [1.807, 2.05) is 20.8 Å². The summed E-state index contributed by atoms with van der Waals surface area (Å²) >= 11 is 0. The van der Waals surface area contributed by atoms with Crippen molar-refractivity contribution in [2.24, 2.45) is 13.0 Å². The number of aliphatic hydroxyl groups excluding tert-OH is 1. The minimum atomic E-state index is -4.61. The van der Waals surface area contributed by atoms with Crippen molar-refractivity contribution in [3.63, 3.8) is 0 Å². The number of hydrogen-bond donors (Lipinski definition) is 1. The molecular weight excluding hydrogens is 323 g/mol. The van der Waals surface area contributed by atoms with Crippen LogP contribution in [0.2, 0.25) is 0 Å². The maximum atomic E-state index is 12.6. The molecule has 1 aliphatic heterocycles. The van der Waals surface area contributed by atoms with E-state index in [2.05, 4.69) is 5.10 Å². The Balaban J connectivity index is 2.05. The van der Waals surface area contributed by atoms with Crippen molar-refractivity contribution in [3.8, 4) is 0 Å². The maximum absolute atomic E-state index is 12.6. The van der Waals surface area contributed by atoms with Crippen molar-refractivity contribution < 1.29 is 23.1 Å². The average molecular weight is 347 g/mol. The molecule has 0 spiro atoms. The van der Waals surface area contributed by atoms with Crippen LogP contribution in [0.4, 0.5) is 13.2 Å². The molecule has 136 valence electrons. The molecular formula is C16H24F3N3O2. The summed E-state index contributed by atoms with van der Waals surface area (Å²) in [5, 5.41) is 13.7. The topological polar surface area (TPSA) is 58.4 Å². The first-order valence-corrected chi connectivity index (χ1v) is 8.00. The van der Waals surface area contributed by atoms with Gasteiger partial charge in [-0.15, -0.1) is 0 Å². The van der Waals surface area contributed by atoms with Gasteiger partial charge in [0.1, 0.15) is 5.69 Å². The van der Waals surface area contributed by atoms with Gasteiger partial charge < -0.3 is 10.0 Å². The van der Waals surface area contributed by atoms with Gasteiger partial charge in [0.25, 0.3) is 5.91 Å². The summed E-state index contributed by atoms with van der Waals surface area (Å²) in [6.07, 6.45) is -6.66. The first-order valence-electron chi connectivity index (χ1n) is 8.00. The van der Waals surface area contributed by atoms with Crippen molar-refractivity contribution in [3.05, 3.63) is 17.5 Å². The van der Waals surface area contributed by atoms with Crippen LogP contribution in [0.5, 0.6) is 0 Å². The molecule has 1 saturated heterocycles. The number of aliphatic hydroxyl groups is 1. The normalized spacial score (nSPS) is 18.8. The van der Waals surface area contributed by atoms with Crippen LogP contribution in [0.25, 0.3) is 0 Å². The Morgan fingerprint density at radius 3 is 2.25 bits per heavy atom. The van der Waals surface area contributed by atoms with Crippen molar-refractivity contribution in [2.45, 2.75) is 51.3 Å². The molecule has 0 radical (unpaired) electrons. The molecule has 0 aromatic carbocycles. The molecule has 24 heavy (non-hydrogen) atoms. The number of likely N-dealkylation sites (tertiary alicyclic amines) is 1. The lowest BCUT2D eigenvalue weighted by atomic mass is 9.90.